The second kappa shape index (κ2) is 7.05. The lowest BCUT2D eigenvalue weighted by molar-refractivity contribution is -0.132. The average molecular weight is 340 g/mol. The highest BCUT2D eigenvalue weighted by atomic mass is 19.1. The number of anilines is 1. The molecule has 0 saturated heterocycles. The molecule has 1 unspecified atom stereocenters. The molecule has 25 heavy (non-hydrogen) atoms. The van der Waals surface area contributed by atoms with Crippen molar-refractivity contribution in [3.8, 4) is 0 Å². The van der Waals surface area contributed by atoms with Crippen LogP contribution in [0.2, 0.25) is 0 Å². The van der Waals surface area contributed by atoms with Crippen molar-refractivity contribution in [2.75, 3.05) is 11.9 Å². The van der Waals surface area contributed by atoms with E-state index in [1.54, 1.807) is 11.0 Å². The summed E-state index contributed by atoms with van der Waals surface area (Å²) in [6, 6.07) is 11.9. The number of fused-ring (bicyclic) bond motifs is 1. The van der Waals surface area contributed by atoms with E-state index < -0.39 is 5.82 Å². The minimum Gasteiger partial charge on any atom is -0.335 e. The first-order valence-corrected chi connectivity index (χ1v) is 8.36. The third kappa shape index (κ3) is 3.71. The number of halogens is 1. The summed E-state index contributed by atoms with van der Waals surface area (Å²) >= 11 is 0. The van der Waals surface area contributed by atoms with Gasteiger partial charge in [-0.25, -0.2) is 4.39 Å². The van der Waals surface area contributed by atoms with E-state index in [2.05, 4.69) is 5.32 Å². The Kier molecular flexibility index (Phi) is 4.83. The molecule has 1 N–H and O–H groups in total. The lowest BCUT2D eigenvalue weighted by atomic mass is 9.90. The van der Waals surface area contributed by atoms with E-state index >= 15 is 0 Å². The number of hydrogen-bond donors (Lipinski definition) is 1. The van der Waals surface area contributed by atoms with Crippen molar-refractivity contribution in [1.82, 2.24) is 4.90 Å². The number of carbonyl (C=O) groups excluding carboxylic acids is 2. The van der Waals surface area contributed by atoms with Crippen LogP contribution in [0, 0.1) is 12.7 Å². The minimum absolute atomic E-state index is 0.0470. The van der Waals surface area contributed by atoms with Crippen LogP contribution in [0.3, 0.4) is 0 Å². The van der Waals surface area contributed by atoms with Crippen LogP contribution in [0.5, 0.6) is 0 Å². The Morgan fingerprint density at radius 1 is 1.24 bits per heavy atom. The number of benzene rings is 2. The summed E-state index contributed by atoms with van der Waals surface area (Å²) in [6.45, 7) is 3.94. The Morgan fingerprint density at radius 3 is 2.76 bits per heavy atom. The van der Waals surface area contributed by atoms with E-state index in [9.17, 15) is 14.0 Å². The first-order chi connectivity index (χ1) is 12.0. The van der Waals surface area contributed by atoms with Gasteiger partial charge in [-0.2, -0.15) is 0 Å². The third-order valence-corrected chi connectivity index (χ3v) is 4.67. The predicted molar refractivity (Wildman–Crippen MR) is 94.7 cm³/mol. The van der Waals surface area contributed by atoms with Crippen molar-refractivity contribution < 1.29 is 14.0 Å². The normalized spacial score (nSPS) is 16.3. The van der Waals surface area contributed by atoms with Crippen LogP contribution in [-0.2, 0) is 16.0 Å². The van der Waals surface area contributed by atoms with Crippen molar-refractivity contribution in [3.05, 3.63) is 65.0 Å². The Labute approximate surface area is 146 Å². The highest BCUT2D eigenvalue weighted by molar-refractivity contribution is 5.92. The molecule has 1 atom stereocenters. The SMILES string of the molecule is CC(=O)N1CCc2ccccc2C1CC(=O)Nc1cc(F)ccc1C. The molecule has 0 fully saturated rings. The molecule has 1 aliphatic heterocycles. The number of hydrogen-bond acceptors (Lipinski definition) is 2. The van der Waals surface area contributed by atoms with Crippen LogP contribution >= 0.6 is 0 Å². The van der Waals surface area contributed by atoms with E-state index in [-0.39, 0.29) is 24.3 Å². The molecule has 0 spiro atoms. The second-order valence-electron chi connectivity index (χ2n) is 6.39. The van der Waals surface area contributed by atoms with Gasteiger partial charge in [0.25, 0.3) is 0 Å². The van der Waals surface area contributed by atoms with Crippen LogP contribution in [0.1, 0.15) is 36.1 Å². The van der Waals surface area contributed by atoms with Gasteiger partial charge < -0.3 is 10.2 Å². The molecule has 2 aromatic rings. The summed E-state index contributed by atoms with van der Waals surface area (Å²) in [4.78, 5) is 26.3. The van der Waals surface area contributed by atoms with Crippen LogP contribution in [0.15, 0.2) is 42.5 Å². The summed E-state index contributed by atoms with van der Waals surface area (Å²) in [5, 5.41) is 2.77. The van der Waals surface area contributed by atoms with Crippen LogP contribution in [0.4, 0.5) is 10.1 Å². The molecule has 2 amide bonds. The van der Waals surface area contributed by atoms with E-state index in [0.29, 0.717) is 12.2 Å². The summed E-state index contributed by atoms with van der Waals surface area (Å²) in [5.41, 5.74) is 3.43. The molecule has 0 saturated carbocycles. The van der Waals surface area contributed by atoms with Crippen molar-refractivity contribution in [3.63, 3.8) is 0 Å². The molecular weight excluding hydrogens is 319 g/mol. The van der Waals surface area contributed by atoms with Gasteiger partial charge in [0.1, 0.15) is 5.82 Å². The van der Waals surface area contributed by atoms with Crippen LogP contribution in [0.25, 0.3) is 0 Å². The fraction of sp³-hybridized carbons (Fsp3) is 0.300. The topological polar surface area (TPSA) is 49.4 Å². The van der Waals surface area contributed by atoms with Gasteiger partial charge in [-0.1, -0.05) is 30.3 Å². The maximum atomic E-state index is 13.4. The highest BCUT2D eigenvalue weighted by Gasteiger charge is 2.30. The maximum Gasteiger partial charge on any atom is 0.226 e. The third-order valence-electron chi connectivity index (χ3n) is 4.67. The summed E-state index contributed by atoms with van der Waals surface area (Å²) < 4.78 is 13.4. The lowest BCUT2D eigenvalue weighted by Crippen LogP contribution is -2.40. The van der Waals surface area contributed by atoms with Gasteiger partial charge in [-0.05, 0) is 42.2 Å². The monoisotopic (exact) mass is 340 g/mol. The van der Waals surface area contributed by atoms with Gasteiger partial charge in [0.15, 0.2) is 0 Å². The quantitative estimate of drug-likeness (QED) is 0.928. The number of amides is 2. The minimum atomic E-state index is -0.394. The molecule has 0 aromatic heterocycles. The van der Waals surface area contributed by atoms with Crippen molar-refractivity contribution in [1.29, 1.82) is 0 Å². The van der Waals surface area contributed by atoms with Crippen LogP contribution in [-0.4, -0.2) is 23.3 Å². The first kappa shape index (κ1) is 17.1. The lowest BCUT2D eigenvalue weighted by Gasteiger charge is -2.36. The molecule has 2 aromatic carbocycles. The van der Waals surface area contributed by atoms with E-state index in [1.807, 2.05) is 31.2 Å². The van der Waals surface area contributed by atoms with Gasteiger partial charge in [-0.15, -0.1) is 0 Å². The van der Waals surface area contributed by atoms with Gasteiger partial charge in [0.05, 0.1) is 12.5 Å². The summed E-state index contributed by atoms with van der Waals surface area (Å²) in [6.07, 6.45) is 0.934. The Morgan fingerprint density at radius 2 is 2.00 bits per heavy atom. The Hall–Kier alpha value is -2.69. The molecule has 3 rings (SSSR count). The number of nitrogens with zero attached hydrogens (tertiary/aromatic N) is 1. The average Bonchev–Trinajstić information content (AvgIpc) is 2.58. The van der Waals surface area contributed by atoms with Crippen LogP contribution < -0.4 is 5.32 Å². The molecule has 0 aliphatic carbocycles. The van der Waals surface area contributed by atoms with Gasteiger partial charge in [0.2, 0.25) is 11.8 Å². The summed E-state index contributed by atoms with van der Waals surface area (Å²) in [5.74, 6) is -0.676. The van der Waals surface area contributed by atoms with Crippen molar-refractivity contribution in [2.24, 2.45) is 0 Å². The largest absolute Gasteiger partial charge is 0.335 e. The Bertz CT molecular complexity index is 819. The van der Waals surface area contributed by atoms with Gasteiger partial charge >= 0.3 is 0 Å². The van der Waals surface area contributed by atoms with Gasteiger partial charge in [0, 0.05) is 19.2 Å². The van der Waals surface area contributed by atoms with E-state index in [4.69, 9.17) is 0 Å². The molecule has 0 radical (unpaired) electrons. The number of rotatable bonds is 3. The smallest absolute Gasteiger partial charge is 0.226 e. The van der Waals surface area contributed by atoms with Gasteiger partial charge in [-0.3, -0.25) is 9.59 Å². The molecule has 4 nitrogen and oxygen atoms in total. The number of nitrogens with one attached hydrogen (secondary N) is 1. The second-order valence-corrected chi connectivity index (χ2v) is 6.39. The standard InChI is InChI=1S/C20H21FN2O2/c1-13-7-8-16(21)11-18(13)22-20(25)12-19-17-6-4-3-5-15(17)9-10-23(19)14(2)24/h3-8,11,19H,9-10,12H2,1-2H3,(H,22,25). The van der Waals surface area contributed by atoms with E-state index in [1.165, 1.54) is 24.6 Å². The molecule has 1 aliphatic rings. The number of aryl methyl sites for hydroxylation is 1. The predicted octanol–water partition coefficient (Wildman–Crippen LogP) is 3.61. The molecule has 130 valence electrons. The zero-order valence-electron chi connectivity index (χ0n) is 14.4. The zero-order valence-corrected chi connectivity index (χ0v) is 14.4. The fourth-order valence-electron chi connectivity index (χ4n) is 3.35. The molecule has 5 heteroatoms. The molecule has 0 bridgehead atoms. The fourth-order valence-corrected chi connectivity index (χ4v) is 3.35. The molecular formula is C20H21FN2O2. The zero-order chi connectivity index (χ0) is 18.0. The molecule has 1 heterocycles. The number of carbonyl (C=O) groups is 2. The van der Waals surface area contributed by atoms with Crippen molar-refractivity contribution in [2.45, 2.75) is 32.7 Å². The maximum absolute atomic E-state index is 13.4. The van der Waals surface area contributed by atoms with Crippen molar-refractivity contribution >= 4 is 17.5 Å². The Balaban J connectivity index is 1.82. The first-order valence-electron chi connectivity index (χ1n) is 8.36. The summed E-state index contributed by atoms with van der Waals surface area (Å²) in [7, 11) is 0. The highest BCUT2D eigenvalue weighted by Crippen LogP contribution is 2.32. The van der Waals surface area contributed by atoms with E-state index in [0.717, 1.165) is 17.5 Å².